The molecule has 146 valence electrons. The lowest BCUT2D eigenvalue weighted by Gasteiger charge is -2.19. The standard InChI is InChI=1S/C21H26N6O/c1-26-13-5-6-17(26)9-11-22-21-23-12-10-18(25-21)16-14-24-27(15-16)19-7-3-4-8-20(19)28-2/h3-4,7-8,10,12,14-15,17H,5-6,9,11,13H2,1-2H3,(H,22,23,25)/t17-/m0/s1. The van der Waals surface area contributed by atoms with Crippen molar-refractivity contribution in [1.29, 1.82) is 0 Å². The number of benzene rings is 1. The first-order chi connectivity index (χ1) is 13.7. The predicted molar refractivity (Wildman–Crippen MR) is 110 cm³/mol. The zero-order valence-corrected chi connectivity index (χ0v) is 16.4. The Balaban J connectivity index is 1.45. The van der Waals surface area contributed by atoms with Gasteiger partial charge in [-0.1, -0.05) is 12.1 Å². The van der Waals surface area contributed by atoms with Crippen LogP contribution in [0.25, 0.3) is 16.9 Å². The van der Waals surface area contributed by atoms with Gasteiger partial charge in [0.1, 0.15) is 11.4 Å². The SMILES string of the molecule is COc1ccccc1-n1cc(-c2ccnc(NCC[C@@H]3CCCN3C)n2)cn1. The summed E-state index contributed by atoms with van der Waals surface area (Å²) in [6.07, 6.45) is 9.23. The average Bonchev–Trinajstić information content (AvgIpc) is 3.38. The zero-order valence-electron chi connectivity index (χ0n) is 16.4. The number of hydrogen-bond donors (Lipinski definition) is 1. The van der Waals surface area contributed by atoms with Gasteiger partial charge in [0.25, 0.3) is 0 Å². The molecular weight excluding hydrogens is 352 g/mol. The molecular formula is C21H26N6O. The number of rotatable bonds is 7. The van der Waals surface area contributed by atoms with Gasteiger partial charge in [0, 0.05) is 30.5 Å². The molecule has 1 N–H and O–H groups in total. The number of nitrogens with one attached hydrogen (secondary N) is 1. The second-order valence-corrected chi connectivity index (χ2v) is 7.10. The predicted octanol–water partition coefficient (Wildman–Crippen LogP) is 3.23. The van der Waals surface area contributed by atoms with Crippen LogP contribution in [0.4, 0.5) is 5.95 Å². The van der Waals surface area contributed by atoms with Crippen molar-refractivity contribution in [3.63, 3.8) is 0 Å². The summed E-state index contributed by atoms with van der Waals surface area (Å²) in [7, 11) is 3.86. The summed E-state index contributed by atoms with van der Waals surface area (Å²) < 4.78 is 7.23. The van der Waals surface area contributed by atoms with E-state index in [0.717, 1.165) is 35.7 Å². The molecule has 1 atom stereocenters. The Morgan fingerprint density at radius 2 is 2.14 bits per heavy atom. The Morgan fingerprint density at radius 3 is 2.96 bits per heavy atom. The van der Waals surface area contributed by atoms with Crippen molar-refractivity contribution in [3.05, 3.63) is 48.9 Å². The lowest BCUT2D eigenvalue weighted by Crippen LogP contribution is -2.27. The van der Waals surface area contributed by atoms with Crippen LogP contribution in [0.1, 0.15) is 19.3 Å². The Morgan fingerprint density at radius 1 is 1.25 bits per heavy atom. The fourth-order valence-electron chi connectivity index (χ4n) is 3.71. The van der Waals surface area contributed by atoms with E-state index in [2.05, 4.69) is 32.3 Å². The van der Waals surface area contributed by atoms with Gasteiger partial charge in [-0.2, -0.15) is 5.10 Å². The molecule has 2 aromatic heterocycles. The third-order valence-corrected chi connectivity index (χ3v) is 5.30. The molecule has 28 heavy (non-hydrogen) atoms. The minimum absolute atomic E-state index is 0.656. The lowest BCUT2D eigenvalue weighted by molar-refractivity contribution is 0.301. The summed E-state index contributed by atoms with van der Waals surface area (Å²) in [6.45, 7) is 2.08. The normalized spacial score (nSPS) is 17.0. The number of hydrogen-bond acceptors (Lipinski definition) is 6. The largest absolute Gasteiger partial charge is 0.494 e. The number of ether oxygens (including phenoxy) is 1. The van der Waals surface area contributed by atoms with Crippen LogP contribution in [-0.2, 0) is 0 Å². The molecule has 0 radical (unpaired) electrons. The molecule has 7 heteroatoms. The highest BCUT2D eigenvalue weighted by atomic mass is 16.5. The van der Waals surface area contributed by atoms with Gasteiger partial charge in [-0.15, -0.1) is 0 Å². The molecule has 1 aliphatic heterocycles. The summed E-state index contributed by atoms with van der Waals surface area (Å²) in [6, 6.07) is 10.4. The highest BCUT2D eigenvalue weighted by Crippen LogP contribution is 2.24. The van der Waals surface area contributed by atoms with Gasteiger partial charge < -0.3 is 15.0 Å². The van der Waals surface area contributed by atoms with Crippen molar-refractivity contribution >= 4 is 5.95 Å². The molecule has 0 spiro atoms. The van der Waals surface area contributed by atoms with Gasteiger partial charge in [-0.3, -0.25) is 0 Å². The lowest BCUT2D eigenvalue weighted by atomic mass is 10.1. The first kappa shape index (κ1) is 18.4. The summed E-state index contributed by atoms with van der Waals surface area (Å²) in [5.74, 6) is 1.43. The van der Waals surface area contributed by atoms with E-state index in [9.17, 15) is 0 Å². The molecule has 3 aromatic rings. The van der Waals surface area contributed by atoms with Crippen molar-refractivity contribution in [2.45, 2.75) is 25.3 Å². The van der Waals surface area contributed by atoms with Gasteiger partial charge in [0.15, 0.2) is 0 Å². The van der Waals surface area contributed by atoms with Crippen LogP contribution in [0, 0.1) is 0 Å². The molecule has 1 aromatic carbocycles. The highest BCUT2D eigenvalue weighted by molar-refractivity contribution is 5.59. The number of para-hydroxylation sites is 2. The minimum atomic E-state index is 0.656. The van der Waals surface area contributed by atoms with Crippen molar-refractivity contribution < 1.29 is 4.74 Å². The van der Waals surface area contributed by atoms with Gasteiger partial charge in [-0.05, 0) is 51.1 Å². The third-order valence-electron chi connectivity index (χ3n) is 5.30. The molecule has 0 unspecified atom stereocenters. The molecule has 4 rings (SSSR count). The molecule has 1 fully saturated rings. The van der Waals surface area contributed by atoms with E-state index in [1.54, 1.807) is 18.0 Å². The molecule has 0 saturated carbocycles. The second-order valence-electron chi connectivity index (χ2n) is 7.10. The number of nitrogens with zero attached hydrogens (tertiary/aromatic N) is 5. The first-order valence-electron chi connectivity index (χ1n) is 9.70. The number of likely N-dealkylation sites (tertiary alicyclic amines) is 1. The first-order valence-corrected chi connectivity index (χ1v) is 9.70. The fraction of sp³-hybridized carbons (Fsp3) is 0.381. The summed E-state index contributed by atoms with van der Waals surface area (Å²) in [5.41, 5.74) is 2.67. The van der Waals surface area contributed by atoms with E-state index in [-0.39, 0.29) is 0 Å². The molecule has 7 nitrogen and oxygen atoms in total. The maximum absolute atomic E-state index is 5.43. The van der Waals surface area contributed by atoms with Crippen molar-refractivity contribution in [1.82, 2.24) is 24.6 Å². The average molecular weight is 378 g/mol. The van der Waals surface area contributed by atoms with Crippen LogP contribution in [0.5, 0.6) is 5.75 Å². The van der Waals surface area contributed by atoms with E-state index in [0.29, 0.717) is 12.0 Å². The van der Waals surface area contributed by atoms with E-state index < -0.39 is 0 Å². The number of anilines is 1. The fourth-order valence-corrected chi connectivity index (χ4v) is 3.71. The minimum Gasteiger partial charge on any atom is -0.494 e. The van der Waals surface area contributed by atoms with Crippen molar-refractivity contribution in [3.8, 4) is 22.7 Å². The molecule has 0 aliphatic carbocycles. The molecule has 0 bridgehead atoms. The van der Waals surface area contributed by atoms with Gasteiger partial charge >= 0.3 is 0 Å². The number of aromatic nitrogens is 4. The Bertz CT molecular complexity index is 925. The van der Waals surface area contributed by atoms with Gasteiger partial charge in [-0.25, -0.2) is 14.6 Å². The van der Waals surface area contributed by atoms with E-state index in [1.807, 2.05) is 42.7 Å². The second kappa shape index (κ2) is 8.39. The van der Waals surface area contributed by atoms with Crippen molar-refractivity contribution in [2.24, 2.45) is 0 Å². The Kier molecular flexibility index (Phi) is 5.53. The smallest absolute Gasteiger partial charge is 0.223 e. The van der Waals surface area contributed by atoms with E-state index in [1.165, 1.54) is 19.4 Å². The number of methoxy groups -OCH3 is 1. The third kappa shape index (κ3) is 3.99. The Labute approximate surface area is 165 Å². The molecule has 1 aliphatic rings. The maximum Gasteiger partial charge on any atom is 0.223 e. The van der Waals surface area contributed by atoms with Crippen LogP contribution in [0.15, 0.2) is 48.9 Å². The summed E-state index contributed by atoms with van der Waals surface area (Å²) in [4.78, 5) is 11.4. The maximum atomic E-state index is 5.43. The van der Waals surface area contributed by atoms with E-state index >= 15 is 0 Å². The highest BCUT2D eigenvalue weighted by Gasteiger charge is 2.20. The summed E-state index contributed by atoms with van der Waals surface area (Å²) >= 11 is 0. The van der Waals surface area contributed by atoms with Gasteiger partial charge in [0.05, 0.1) is 19.0 Å². The van der Waals surface area contributed by atoms with E-state index in [4.69, 9.17) is 4.74 Å². The molecule has 3 heterocycles. The topological polar surface area (TPSA) is 68.1 Å². The van der Waals surface area contributed by atoms with Crippen LogP contribution in [0.3, 0.4) is 0 Å². The van der Waals surface area contributed by atoms with Gasteiger partial charge in [0.2, 0.25) is 5.95 Å². The van der Waals surface area contributed by atoms with Crippen LogP contribution in [0.2, 0.25) is 0 Å². The summed E-state index contributed by atoms with van der Waals surface area (Å²) in [5, 5.41) is 7.84. The van der Waals surface area contributed by atoms with Crippen LogP contribution < -0.4 is 10.1 Å². The van der Waals surface area contributed by atoms with Crippen molar-refractivity contribution in [2.75, 3.05) is 32.6 Å². The molecule has 0 amide bonds. The monoisotopic (exact) mass is 378 g/mol. The Hall–Kier alpha value is -2.93. The molecule has 1 saturated heterocycles. The van der Waals surface area contributed by atoms with Crippen LogP contribution >= 0.6 is 0 Å². The zero-order chi connectivity index (χ0) is 19.3. The quantitative estimate of drug-likeness (QED) is 0.681. The van der Waals surface area contributed by atoms with Crippen LogP contribution in [-0.4, -0.2) is 57.9 Å².